The second-order valence-corrected chi connectivity index (χ2v) is 10.8. The van der Waals surface area contributed by atoms with Gasteiger partial charge in [-0.15, -0.1) is 0 Å². The molecule has 0 spiro atoms. The van der Waals surface area contributed by atoms with Crippen molar-refractivity contribution < 1.29 is 23.8 Å². The van der Waals surface area contributed by atoms with Crippen LogP contribution in [0.2, 0.25) is 0 Å². The van der Waals surface area contributed by atoms with Crippen LogP contribution in [0.25, 0.3) is 0 Å². The minimum Gasteiger partial charge on any atom is -0.496 e. The molecule has 0 saturated heterocycles. The Morgan fingerprint density at radius 3 is 2.43 bits per heavy atom. The maximum absolute atomic E-state index is 13.9. The molecule has 7 heteroatoms. The van der Waals surface area contributed by atoms with E-state index in [1.165, 1.54) is 0 Å². The van der Waals surface area contributed by atoms with E-state index in [4.69, 9.17) is 14.2 Å². The van der Waals surface area contributed by atoms with E-state index in [1.807, 2.05) is 49.4 Å². The number of allylic oxidation sites excluding steroid dienone is 3. The zero-order chi connectivity index (χ0) is 26.1. The number of carbonyl (C=O) groups is 2. The Hall–Kier alpha value is -3.06. The Morgan fingerprint density at radius 1 is 1.00 bits per heavy atom. The third-order valence-corrected chi connectivity index (χ3v) is 8.33. The van der Waals surface area contributed by atoms with Crippen LogP contribution in [0.4, 0.5) is 0 Å². The summed E-state index contributed by atoms with van der Waals surface area (Å²) in [6.45, 7) is 1.90. The second kappa shape index (κ2) is 10.7. The first-order chi connectivity index (χ1) is 17.9. The first kappa shape index (κ1) is 25.6. The highest BCUT2D eigenvalue weighted by atomic mass is 79.9. The third kappa shape index (κ3) is 4.93. The summed E-state index contributed by atoms with van der Waals surface area (Å²) in [6.07, 6.45) is 4.84. The standard InChI is InChI=1S/C30H32BrNO5/c1-17-27(30(34)37-20-8-4-5-9-20)28(18-12-13-26(36-3)22(31)14-18)29-23(32-17)15-19(16-24(29)33)21-10-6-7-11-25(21)35-2/h6-7,10-14,19-20,28,32H,4-5,8-9,15-16H2,1-3H3/t19-,28+/m1/s1. The van der Waals surface area contributed by atoms with Gasteiger partial charge in [-0.25, -0.2) is 4.79 Å². The van der Waals surface area contributed by atoms with E-state index < -0.39 is 5.92 Å². The van der Waals surface area contributed by atoms with Gasteiger partial charge in [-0.05, 0) is 84.3 Å². The number of halogens is 1. The van der Waals surface area contributed by atoms with Crippen LogP contribution in [0.3, 0.4) is 0 Å². The minimum atomic E-state index is -0.515. The highest BCUT2D eigenvalue weighted by molar-refractivity contribution is 9.10. The van der Waals surface area contributed by atoms with E-state index in [1.54, 1.807) is 14.2 Å². The number of hydrogen-bond acceptors (Lipinski definition) is 6. The Bertz CT molecular complexity index is 1290. The molecule has 0 amide bonds. The summed E-state index contributed by atoms with van der Waals surface area (Å²) in [5.74, 6) is 0.620. The van der Waals surface area contributed by atoms with Gasteiger partial charge in [-0.3, -0.25) is 4.79 Å². The summed E-state index contributed by atoms with van der Waals surface area (Å²) in [6, 6.07) is 13.6. The molecule has 2 aromatic rings. The van der Waals surface area contributed by atoms with Crippen molar-refractivity contribution in [2.45, 2.75) is 63.4 Å². The van der Waals surface area contributed by atoms with Gasteiger partial charge in [0.25, 0.3) is 0 Å². The number of carbonyl (C=O) groups excluding carboxylic acids is 2. The van der Waals surface area contributed by atoms with E-state index in [-0.39, 0.29) is 23.8 Å². The van der Waals surface area contributed by atoms with Gasteiger partial charge in [0.2, 0.25) is 0 Å². The van der Waals surface area contributed by atoms with Crippen molar-refractivity contribution in [1.82, 2.24) is 5.32 Å². The monoisotopic (exact) mass is 565 g/mol. The largest absolute Gasteiger partial charge is 0.496 e. The molecule has 1 N–H and O–H groups in total. The lowest BCUT2D eigenvalue weighted by Crippen LogP contribution is -2.36. The van der Waals surface area contributed by atoms with Crippen LogP contribution in [0, 0.1) is 0 Å². The number of nitrogens with one attached hydrogen (secondary N) is 1. The van der Waals surface area contributed by atoms with Crippen molar-refractivity contribution in [3.05, 3.63) is 80.6 Å². The van der Waals surface area contributed by atoms with Crippen molar-refractivity contribution in [2.75, 3.05) is 14.2 Å². The van der Waals surface area contributed by atoms with E-state index >= 15 is 0 Å². The van der Waals surface area contributed by atoms with Crippen LogP contribution in [-0.2, 0) is 14.3 Å². The first-order valence-corrected chi connectivity index (χ1v) is 13.6. The number of hydrogen-bond donors (Lipinski definition) is 1. The summed E-state index contributed by atoms with van der Waals surface area (Å²) in [7, 11) is 3.27. The zero-order valence-corrected chi connectivity index (χ0v) is 23.0. The number of para-hydroxylation sites is 1. The molecule has 194 valence electrons. The van der Waals surface area contributed by atoms with E-state index in [0.29, 0.717) is 29.7 Å². The molecule has 2 aromatic carbocycles. The molecule has 1 fully saturated rings. The minimum absolute atomic E-state index is 0.0158. The van der Waals surface area contributed by atoms with Gasteiger partial charge in [-0.2, -0.15) is 0 Å². The zero-order valence-electron chi connectivity index (χ0n) is 21.4. The van der Waals surface area contributed by atoms with Crippen molar-refractivity contribution in [3.8, 4) is 11.5 Å². The Morgan fingerprint density at radius 2 is 1.73 bits per heavy atom. The molecule has 5 rings (SSSR count). The number of ether oxygens (including phenoxy) is 3. The molecule has 0 radical (unpaired) electrons. The van der Waals surface area contributed by atoms with Crippen LogP contribution >= 0.6 is 15.9 Å². The fourth-order valence-electron chi connectivity index (χ4n) is 5.95. The molecule has 3 aliphatic rings. The molecule has 2 aliphatic carbocycles. The number of dihydropyridines is 1. The average molecular weight is 566 g/mol. The topological polar surface area (TPSA) is 73.9 Å². The quantitative estimate of drug-likeness (QED) is 0.413. The number of methoxy groups -OCH3 is 2. The number of Topliss-reactive ketones (excluding diaryl/α,β-unsaturated/α-hetero) is 1. The fourth-order valence-corrected chi connectivity index (χ4v) is 6.51. The van der Waals surface area contributed by atoms with Crippen LogP contribution in [0.1, 0.15) is 68.4 Å². The van der Waals surface area contributed by atoms with Gasteiger partial charge in [0.15, 0.2) is 5.78 Å². The van der Waals surface area contributed by atoms with Gasteiger partial charge >= 0.3 is 5.97 Å². The van der Waals surface area contributed by atoms with Crippen LogP contribution < -0.4 is 14.8 Å². The molecule has 0 bridgehead atoms. The molecule has 37 heavy (non-hydrogen) atoms. The summed E-state index contributed by atoms with van der Waals surface area (Å²) < 4.78 is 17.8. The molecule has 6 nitrogen and oxygen atoms in total. The van der Waals surface area contributed by atoms with E-state index in [2.05, 4.69) is 21.2 Å². The molecular weight excluding hydrogens is 534 g/mol. The maximum atomic E-state index is 13.9. The van der Waals surface area contributed by atoms with Crippen molar-refractivity contribution in [3.63, 3.8) is 0 Å². The van der Waals surface area contributed by atoms with E-state index in [9.17, 15) is 9.59 Å². The molecule has 1 heterocycles. The summed E-state index contributed by atoms with van der Waals surface area (Å²) in [4.78, 5) is 27.5. The Balaban J connectivity index is 1.57. The maximum Gasteiger partial charge on any atom is 0.337 e. The number of benzene rings is 2. The lowest BCUT2D eigenvalue weighted by Gasteiger charge is -2.37. The normalized spacial score (nSPS) is 22.0. The highest BCUT2D eigenvalue weighted by Gasteiger charge is 2.42. The molecule has 0 aromatic heterocycles. The number of ketones is 1. The Kier molecular flexibility index (Phi) is 7.43. The SMILES string of the molecule is COc1ccc([C@H]2C(C(=O)OC3CCCC3)=C(C)NC3=C2C(=O)C[C@H](c2ccccc2OC)C3)cc1Br. The van der Waals surface area contributed by atoms with Crippen LogP contribution in [-0.4, -0.2) is 32.1 Å². The summed E-state index contributed by atoms with van der Waals surface area (Å²) in [5.41, 5.74) is 4.61. The summed E-state index contributed by atoms with van der Waals surface area (Å²) >= 11 is 3.59. The lowest BCUT2D eigenvalue weighted by molar-refractivity contribution is -0.144. The molecule has 2 atom stereocenters. The van der Waals surface area contributed by atoms with Gasteiger partial charge < -0.3 is 19.5 Å². The van der Waals surface area contributed by atoms with Gasteiger partial charge in [0.1, 0.15) is 17.6 Å². The molecule has 1 saturated carbocycles. The second-order valence-electron chi connectivity index (χ2n) is 9.96. The fraction of sp³-hybridized carbons (Fsp3) is 0.400. The van der Waals surface area contributed by atoms with Gasteiger partial charge in [0.05, 0.1) is 24.3 Å². The van der Waals surface area contributed by atoms with Gasteiger partial charge in [-0.1, -0.05) is 24.3 Å². The smallest absolute Gasteiger partial charge is 0.337 e. The average Bonchev–Trinajstić information content (AvgIpc) is 3.40. The van der Waals surface area contributed by atoms with Crippen LogP contribution in [0.15, 0.2) is 69.5 Å². The first-order valence-electron chi connectivity index (χ1n) is 12.8. The summed E-state index contributed by atoms with van der Waals surface area (Å²) in [5, 5.41) is 3.44. The lowest BCUT2D eigenvalue weighted by atomic mass is 9.71. The van der Waals surface area contributed by atoms with Crippen molar-refractivity contribution in [1.29, 1.82) is 0 Å². The van der Waals surface area contributed by atoms with E-state index in [0.717, 1.165) is 58.4 Å². The number of rotatable bonds is 6. The van der Waals surface area contributed by atoms with Crippen molar-refractivity contribution >= 4 is 27.7 Å². The molecular formula is C30H32BrNO5. The predicted molar refractivity (Wildman–Crippen MR) is 145 cm³/mol. The number of esters is 1. The highest BCUT2D eigenvalue weighted by Crippen LogP contribution is 2.48. The van der Waals surface area contributed by atoms with Crippen molar-refractivity contribution in [2.24, 2.45) is 0 Å². The molecule has 1 aliphatic heterocycles. The predicted octanol–water partition coefficient (Wildman–Crippen LogP) is 6.31. The third-order valence-electron chi connectivity index (χ3n) is 7.71. The van der Waals surface area contributed by atoms with Crippen LogP contribution in [0.5, 0.6) is 11.5 Å². The molecule has 0 unspecified atom stereocenters. The Labute approximate surface area is 226 Å². The van der Waals surface area contributed by atoms with Gasteiger partial charge in [0, 0.05) is 35.2 Å².